The standard InChI is InChI=1S/C20H22N4O4/c1-12(2)9-18-20(26)22-16-10-14(19(21)25)5-8-17(16)23(18)11-13-3-6-15(7-4-13)24(27)28/h3-8,10,12,18H,9,11H2,1-2H3,(H2,21,25)(H,22,26). The molecule has 146 valence electrons. The Balaban J connectivity index is 1.99. The van der Waals surface area contributed by atoms with E-state index >= 15 is 0 Å². The van der Waals surface area contributed by atoms with Gasteiger partial charge in [-0.15, -0.1) is 0 Å². The monoisotopic (exact) mass is 382 g/mol. The zero-order valence-electron chi connectivity index (χ0n) is 15.7. The normalized spacial score (nSPS) is 15.9. The molecule has 1 heterocycles. The van der Waals surface area contributed by atoms with Crippen molar-refractivity contribution < 1.29 is 14.5 Å². The average molecular weight is 382 g/mol. The van der Waals surface area contributed by atoms with E-state index in [0.717, 1.165) is 11.3 Å². The molecule has 0 saturated heterocycles. The molecule has 1 unspecified atom stereocenters. The lowest BCUT2D eigenvalue weighted by Crippen LogP contribution is -2.48. The number of amides is 2. The molecule has 0 fully saturated rings. The minimum Gasteiger partial charge on any atom is -0.366 e. The summed E-state index contributed by atoms with van der Waals surface area (Å²) in [5.41, 5.74) is 7.85. The summed E-state index contributed by atoms with van der Waals surface area (Å²) in [6.07, 6.45) is 0.649. The van der Waals surface area contributed by atoms with E-state index in [0.29, 0.717) is 30.1 Å². The molecule has 8 nitrogen and oxygen atoms in total. The predicted molar refractivity (Wildman–Crippen MR) is 106 cm³/mol. The zero-order valence-corrected chi connectivity index (χ0v) is 15.7. The number of nitrogens with zero attached hydrogens (tertiary/aromatic N) is 2. The van der Waals surface area contributed by atoms with E-state index in [2.05, 4.69) is 5.32 Å². The Morgan fingerprint density at radius 1 is 1.25 bits per heavy atom. The number of carbonyl (C=O) groups excluding carboxylic acids is 2. The first kappa shape index (κ1) is 19.3. The van der Waals surface area contributed by atoms with Crippen LogP contribution in [-0.4, -0.2) is 22.8 Å². The summed E-state index contributed by atoms with van der Waals surface area (Å²) in [6, 6.07) is 10.9. The molecule has 2 aromatic carbocycles. The van der Waals surface area contributed by atoms with Crippen molar-refractivity contribution in [1.29, 1.82) is 0 Å². The van der Waals surface area contributed by atoms with Gasteiger partial charge in [-0.25, -0.2) is 0 Å². The molecule has 1 aliphatic rings. The summed E-state index contributed by atoms with van der Waals surface area (Å²) in [4.78, 5) is 36.6. The number of anilines is 2. The van der Waals surface area contributed by atoms with E-state index in [4.69, 9.17) is 5.73 Å². The van der Waals surface area contributed by atoms with Crippen molar-refractivity contribution in [2.45, 2.75) is 32.9 Å². The smallest absolute Gasteiger partial charge is 0.269 e. The van der Waals surface area contributed by atoms with Gasteiger partial charge in [0.15, 0.2) is 0 Å². The molecule has 0 radical (unpaired) electrons. The maximum Gasteiger partial charge on any atom is 0.269 e. The quantitative estimate of drug-likeness (QED) is 0.588. The number of rotatable bonds is 6. The second-order valence-corrected chi connectivity index (χ2v) is 7.28. The summed E-state index contributed by atoms with van der Waals surface area (Å²) in [5, 5.41) is 13.7. The van der Waals surface area contributed by atoms with Crippen LogP contribution < -0.4 is 16.0 Å². The van der Waals surface area contributed by atoms with Gasteiger partial charge in [-0.2, -0.15) is 0 Å². The Morgan fingerprint density at radius 2 is 1.93 bits per heavy atom. The summed E-state index contributed by atoms with van der Waals surface area (Å²) < 4.78 is 0. The van der Waals surface area contributed by atoms with Crippen molar-refractivity contribution in [3.63, 3.8) is 0 Å². The highest BCUT2D eigenvalue weighted by molar-refractivity contribution is 6.05. The number of hydrogen-bond donors (Lipinski definition) is 2. The zero-order chi connectivity index (χ0) is 20.4. The maximum absolute atomic E-state index is 12.8. The molecular formula is C20H22N4O4. The lowest BCUT2D eigenvalue weighted by Gasteiger charge is -2.39. The summed E-state index contributed by atoms with van der Waals surface area (Å²) in [5.74, 6) is -0.422. The minimum atomic E-state index is -0.566. The van der Waals surface area contributed by atoms with Crippen LogP contribution in [0.25, 0.3) is 0 Å². The van der Waals surface area contributed by atoms with Gasteiger partial charge < -0.3 is 16.0 Å². The number of non-ortho nitro benzene ring substituents is 1. The SMILES string of the molecule is CC(C)CC1C(=O)Nc2cc(C(N)=O)ccc2N1Cc1ccc([N+](=O)[O-])cc1. The number of nitro benzene ring substituents is 1. The van der Waals surface area contributed by atoms with Crippen LogP contribution in [0, 0.1) is 16.0 Å². The number of primary amides is 1. The Bertz CT molecular complexity index is 924. The van der Waals surface area contributed by atoms with Gasteiger partial charge in [0.2, 0.25) is 11.8 Å². The molecule has 0 bridgehead atoms. The third kappa shape index (κ3) is 3.95. The molecule has 2 aromatic rings. The van der Waals surface area contributed by atoms with Crippen molar-refractivity contribution in [3.8, 4) is 0 Å². The fourth-order valence-corrected chi connectivity index (χ4v) is 3.36. The van der Waals surface area contributed by atoms with Crippen LogP contribution in [0.3, 0.4) is 0 Å². The van der Waals surface area contributed by atoms with E-state index < -0.39 is 10.8 Å². The molecular weight excluding hydrogens is 360 g/mol. The van der Waals surface area contributed by atoms with Gasteiger partial charge in [0, 0.05) is 24.2 Å². The highest BCUT2D eigenvalue weighted by Crippen LogP contribution is 2.36. The molecule has 3 N–H and O–H groups in total. The Hall–Kier alpha value is -3.42. The molecule has 0 spiro atoms. The van der Waals surface area contributed by atoms with Crippen LogP contribution in [-0.2, 0) is 11.3 Å². The molecule has 0 aromatic heterocycles. The summed E-state index contributed by atoms with van der Waals surface area (Å²) >= 11 is 0. The fourth-order valence-electron chi connectivity index (χ4n) is 3.36. The second kappa shape index (κ2) is 7.67. The number of carbonyl (C=O) groups is 2. The molecule has 1 aliphatic heterocycles. The first-order chi connectivity index (χ1) is 13.3. The molecule has 2 amide bonds. The topological polar surface area (TPSA) is 119 Å². The minimum absolute atomic E-state index is 0.0189. The van der Waals surface area contributed by atoms with Gasteiger partial charge in [-0.3, -0.25) is 19.7 Å². The molecule has 28 heavy (non-hydrogen) atoms. The average Bonchev–Trinajstić information content (AvgIpc) is 2.64. The molecule has 0 saturated carbocycles. The Morgan fingerprint density at radius 3 is 2.50 bits per heavy atom. The van der Waals surface area contributed by atoms with Crippen LogP contribution in [0.5, 0.6) is 0 Å². The van der Waals surface area contributed by atoms with Crippen LogP contribution in [0.1, 0.15) is 36.2 Å². The first-order valence-electron chi connectivity index (χ1n) is 9.01. The lowest BCUT2D eigenvalue weighted by molar-refractivity contribution is -0.384. The van der Waals surface area contributed by atoms with Crippen molar-refractivity contribution in [2.24, 2.45) is 11.7 Å². The van der Waals surface area contributed by atoms with Gasteiger partial charge in [-0.05, 0) is 36.1 Å². The van der Waals surface area contributed by atoms with Gasteiger partial charge in [-0.1, -0.05) is 26.0 Å². The van der Waals surface area contributed by atoms with E-state index in [-0.39, 0.29) is 17.6 Å². The third-order valence-electron chi connectivity index (χ3n) is 4.72. The lowest BCUT2D eigenvalue weighted by atomic mass is 9.97. The predicted octanol–water partition coefficient (Wildman–Crippen LogP) is 3.07. The molecule has 8 heteroatoms. The van der Waals surface area contributed by atoms with Gasteiger partial charge >= 0.3 is 0 Å². The highest BCUT2D eigenvalue weighted by atomic mass is 16.6. The fraction of sp³-hybridized carbons (Fsp3) is 0.300. The summed E-state index contributed by atoms with van der Waals surface area (Å²) in [6.45, 7) is 4.50. The highest BCUT2D eigenvalue weighted by Gasteiger charge is 2.33. The van der Waals surface area contributed by atoms with Crippen molar-refractivity contribution >= 4 is 28.9 Å². The number of benzene rings is 2. The molecule has 0 aliphatic carbocycles. The third-order valence-corrected chi connectivity index (χ3v) is 4.72. The van der Waals surface area contributed by atoms with Crippen molar-refractivity contribution in [1.82, 2.24) is 0 Å². The molecule has 3 rings (SSSR count). The van der Waals surface area contributed by atoms with E-state index in [1.165, 1.54) is 12.1 Å². The Kier molecular flexibility index (Phi) is 5.30. The second-order valence-electron chi connectivity index (χ2n) is 7.28. The van der Waals surface area contributed by atoms with Crippen molar-refractivity contribution in [2.75, 3.05) is 10.2 Å². The van der Waals surface area contributed by atoms with Crippen LogP contribution in [0.2, 0.25) is 0 Å². The number of hydrogen-bond acceptors (Lipinski definition) is 5. The van der Waals surface area contributed by atoms with Crippen LogP contribution in [0.4, 0.5) is 17.1 Å². The van der Waals surface area contributed by atoms with E-state index in [1.54, 1.807) is 30.3 Å². The Labute approximate surface area is 162 Å². The van der Waals surface area contributed by atoms with Gasteiger partial charge in [0.25, 0.3) is 5.69 Å². The first-order valence-corrected chi connectivity index (χ1v) is 9.01. The van der Waals surface area contributed by atoms with Crippen LogP contribution >= 0.6 is 0 Å². The van der Waals surface area contributed by atoms with E-state index in [1.807, 2.05) is 18.7 Å². The maximum atomic E-state index is 12.8. The van der Waals surface area contributed by atoms with Gasteiger partial charge in [0.1, 0.15) is 6.04 Å². The molecule has 1 atom stereocenters. The van der Waals surface area contributed by atoms with Crippen molar-refractivity contribution in [3.05, 3.63) is 63.7 Å². The number of nitro groups is 1. The number of fused-ring (bicyclic) bond motifs is 1. The number of nitrogens with two attached hydrogens (primary N) is 1. The number of nitrogens with one attached hydrogen (secondary N) is 1. The largest absolute Gasteiger partial charge is 0.366 e. The summed E-state index contributed by atoms with van der Waals surface area (Å²) in [7, 11) is 0. The van der Waals surface area contributed by atoms with E-state index in [9.17, 15) is 19.7 Å². The van der Waals surface area contributed by atoms with Gasteiger partial charge in [0.05, 0.1) is 16.3 Å². The van der Waals surface area contributed by atoms with Crippen LogP contribution in [0.15, 0.2) is 42.5 Å².